The molecule has 4 nitrogen and oxygen atoms in total. The van der Waals surface area contributed by atoms with Crippen molar-refractivity contribution in [1.82, 2.24) is 9.78 Å². The van der Waals surface area contributed by atoms with Crippen LogP contribution in [0.4, 0.5) is 0 Å². The molecule has 5 heteroatoms. The van der Waals surface area contributed by atoms with E-state index in [1.807, 2.05) is 24.3 Å². The zero-order chi connectivity index (χ0) is 14.5. The molecule has 1 aromatic heterocycles. The van der Waals surface area contributed by atoms with Crippen molar-refractivity contribution in [3.8, 4) is 5.75 Å². The Kier molecular flexibility index (Phi) is 5.04. The van der Waals surface area contributed by atoms with E-state index in [1.54, 1.807) is 18.0 Å². The fourth-order valence-corrected chi connectivity index (χ4v) is 2.33. The van der Waals surface area contributed by atoms with Crippen LogP contribution in [0.1, 0.15) is 30.7 Å². The van der Waals surface area contributed by atoms with Crippen molar-refractivity contribution in [2.45, 2.75) is 32.4 Å². The number of aryl methyl sites for hydroxylation is 1. The molecule has 0 saturated carbocycles. The van der Waals surface area contributed by atoms with E-state index in [2.05, 4.69) is 12.0 Å². The van der Waals surface area contributed by atoms with E-state index in [4.69, 9.17) is 16.3 Å². The number of rotatable bonds is 6. The highest BCUT2D eigenvalue weighted by Gasteiger charge is 2.20. The monoisotopic (exact) mass is 294 g/mol. The summed E-state index contributed by atoms with van der Waals surface area (Å²) in [4.78, 5) is 0. The quantitative estimate of drug-likeness (QED) is 0.890. The Balaban J connectivity index is 2.21. The Morgan fingerprint density at radius 1 is 1.35 bits per heavy atom. The second-order valence-electron chi connectivity index (χ2n) is 4.67. The number of ether oxygens (including phenoxy) is 1. The first-order chi connectivity index (χ1) is 9.65. The third kappa shape index (κ3) is 3.32. The SMILES string of the molecule is CCCn1ncc(OC)c1C(O)Cc1ccc(Cl)cc1. The third-order valence-corrected chi connectivity index (χ3v) is 3.41. The number of benzene rings is 1. The fourth-order valence-electron chi connectivity index (χ4n) is 2.20. The molecular weight excluding hydrogens is 276 g/mol. The van der Waals surface area contributed by atoms with Crippen LogP contribution in [0, 0.1) is 0 Å². The average molecular weight is 295 g/mol. The molecule has 20 heavy (non-hydrogen) atoms. The summed E-state index contributed by atoms with van der Waals surface area (Å²) >= 11 is 5.87. The van der Waals surface area contributed by atoms with Gasteiger partial charge in [0.25, 0.3) is 0 Å². The van der Waals surface area contributed by atoms with Gasteiger partial charge in [-0.1, -0.05) is 30.7 Å². The molecular formula is C15H19ClN2O2. The van der Waals surface area contributed by atoms with E-state index in [-0.39, 0.29) is 0 Å². The van der Waals surface area contributed by atoms with E-state index < -0.39 is 6.10 Å². The van der Waals surface area contributed by atoms with Crippen molar-refractivity contribution in [2.24, 2.45) is 0 Å². The van der Waals surface area contributed by atoms with E-state index in [0.29, 0.717) is 17.2 Å². The minimum Gasteiger partial charge on any atom is -0.493 e. The maximum absolute atomic E-state index is 10.5. The minimum atomic E-state index is -0.653. The van der Waals surface area contributed by atoms with Gasteiger partial charge in [-0.25, -0.2) is 0 Å². The molecule has 0 aliphatic carbocycles. The average Bonchev–Trinajstić information content (AvgIpc) is 2.85. The molecule has 0 amide bonds. The molecule has 1 atom stereocenters. The lowest BCUT2D eigenvalue weighted by Crippen LogP contribution is -2.12. The number of methoxy groups -OCH3 is 1. The fraction of sp³-hybridized carbons (Fsp3) is 0.400. The molecule has 0 saturated heterocycles. The van der Waals surface area contributed by atoms with Gasteiger partial charge in [0.2, 0.25) is 0 Å². The summed E-state index contributed by atoms with van der Waals surface area (Å²) in [5.41, 5.74) is 1.75. The Hall–Kier alpha value is -1.52. The van der Waals surface area contributed by atoms with Crippen molar-refractivity contribution in [3.63, 3.8) is 0 Å². The van der Waals surface area contributed by atoms with Crippen molar-refractivity contribution in [3.05, 3.63) is 46.7 Å². The lowest BCUT2D eigenvalue weighted by molar-refractivity contribution is 0.162. The maximum Gasteiger partial charge on any atom is 0.162 e. The van der Waals surface area contributed by atoms with Gasteiger partial charge in [-0.05, 0) is 24.1 Å². The van der Waals surface area contributed by atoms with Gasteiger partial charge >= 0.3 is 0 Å². The number of aromatic nitrogens is 2. The summed E-state index contributed by atoms with van der Waals surface area (Å²) in [5, 5.41) is 15.4. The van der Waals surface area contributed by atoms with E-state index in [1.165, 1.54) is 0 Å². The topological polar surface area (TPSA) is 47.3 Å². The highest BCUT2D eigenvalue weighted by atomic mass is 35.5. The molecule has 0 aliphatic heterocycles. The number of aliphatic hydroxyl groups is 1. The number of nitrogens with zero attached hydrogens (tertiary/aromatic N) is 2. The van der Waals surface area contributed by atoms with Gasteiger partial charge in [-0.2, -0.15) is 5.10 Å². The molecule has 108 valence electrons. The van der Waals surface area contributed by atoms with Crippen LogP contribution in [0.3, 0.4) is 0 Å². The number of hydrogen-bond acceptors (Lipinski definition) is 3. The van der Waals surface area contributed by atoms with Crippen LogP contribution in [0.2, 0.25) is 5.02 Å². The molecule has 0 bridgehead atoms. The van der Waals surface area contributed by atoms with Crippen molar-refractivity contribution >= 4 is 11.6 Å². The van der Waals surface area contributed by atoms with Crippen LogP contribution in [-0.2, 0) is 13.0 Å². The molecule has 2 rings (SSSR count). The smallest absolute Gasteiger partial charge is 0.162 e. The third-order valence-electron chi connectivity index (χ3n) is 3.16. The summed E-state index contributed by atoms with van der Waals surface area (Å²) in [5.74, 6) is 0.625. The van der Waals surface area contributed by atoms with Crippen molar-refractivity contribution in [2.75, 3.05) is 7.11 Å². The van der Waals surface area contributed by atoms with Crippen LogP contribution >= 0.6 is 11.6 Å². The highest BCUT2D eigenvalue weighted by Crippen LogP contribution is 2.28. The summed E-state index contributed by atoms with van der Waals surface area (Å²) in [6.07, 6.45) is 2.45. The second-order valence-corrected chi connectivity index (χ2v) is 5.10. The van der Waals surface area contributed by atoms with Gasteiger partial charge in [0.1, 0.15) is 11.8 Å². The summed E-state index contributed by atoms with van der Waals surface area (Å²) < 4.78 is 7.09. The van der Waals surface area contributed by atoms with E-state index in [0.717, 1.165) is 24.2 Å². The molecule has 0 spiro atoms. The normalized spacial score (nSPS) is 12.4. The molecule has 1 unspecified atom stereocenters. The second kappa shape index (κ2) is 6.77. The predicted octanol–water partition coefficient (Wildman–Crippen LogP) is 3.23. The van der Waals surface area contributed by atoms with Crippen molar-refractivity contribution in [1.29, 1.82) is 0 Å². The summed E-state index contributed by atoms with van der Waals surface area (Å²) in [7, 11) is 1.59. The van der Waals surface area contributed by atoms with Crippen LogP contribution in [-0.4, -0.2) is 22.0 Å². The lowest BCUT2D eigenvalue weighted by atomic mass is 10.1. The molecule has 0 aliphatic rings. The number of halogens is 1. The Morgan fingerprint density at radius 3 is 2.65 bits per heavy atom. The zero-order valence-electron chi connectivity index (χ0n) is 11.7. The van der Waals surface area contributed by atoms with Gasteiger partial charge in [0.05, 0.1) is 13.3 Å². The van der Waals surface area contributed by atoms with Gasteiger partial charge in [-0.15, -0.1) is 0 Å². The number of aliphatic hydroxyl groups excluding tert-OH is 1. The van der Waals surface area contributed by atoms with Crippen LogP contribution < -0.4 is 4.74 Å². The Morgan fingerprint density at radius 2 is 2.05 bits per heavy atom. The van der Waals surface area contributed by atoms with Crippen molar-refractivity contribution < 1.29 is 9.84 Å². The first-order valence-corrected chi connectivity index (χ1v) is 7.05. The predicted molar refractivity (Wildman–Crippen MR) is 79.2 cm³/mol. The molecule has 1 aromatic carbocycles. The van der Waals surface area contributed by atoms with E-state index in [9.17, 15) is 5.11 Å². The molecule has 0 radical (unpaired) electrons. The molecule has 2 aromatic rings. The van der Waals surface area contributed by atoms with Gasteiger partial charge in [-0.3, -0.25) is 4.68 Å². The largest absolute Gasteiger partial charge is 0.493 e. The zero-order valence-corrected chi connectivity index (χ0v) is 12.5. The summed E-state index contributed by atoms with van der Waals surface area (Å²) in [6.45, 7) is 2.83. The lowest BCUT2D eigenvalue weighted by Gasteiger charge is -2.15. The maximum atomic E-state index is 10.5. The molecule has 0 fully saturated rings. The minimum absolute atomic E-state index is 0.503. The van der Waals surface area contributed by atoms with E-state index >= 15 is 0 Å². The van der Waals surface area contributed by atoms with Crippen LogP contribution in [0.15, 0.2) is 30.5 Å². The Bertz CT molecular complexity index is 552. The van der Waals surface area contributed by atoms with Gasteiger partial charge < -0.3 is 9.84 Å². The summed E-state index contributed by atoms with van der Waals surface area (Å²) in [6, 6.07) is 7.48. The molecule has 1 N–H and O–H groups in total. The highest BCUT2D eigenvalue weighted by molar-refractivity contribution is 6.30. The Labute approximate surface area is 123 Å². The molecule has 1 heterocycles. The first-order valence-electron chi connectivity index (χ1n) is 6.68. The standard InChI is InChI=1S/C15H19ClN2O2/c1-3-8-18-15(14(20-2)10-17-18)13(19)9-11-4-6-12(16)7-5-11/h4-7,10,13,19H,3,8-9H2,1-2H3. The van der Waals surface area contributed by atoms with Crippen LogP contribution in [0.25, 0.3) is 0 Å². The number of hydrogen-bond donors (Lipinski definition) is 1. The first kappa shape index (κ1) is 14.9. The van der Waals surface area contributed by atoms with Crippen LogP contribution in [0.5, 0.6) is 5.75 Å². The van der Waals surface area contributed by atoms with Gasteiger partial charge in [0, 0.05) is 18.0 Å². The van der Waals surface area contributed by atoms with Gasteiger partial charge in [0.15, 0.2) is 5.75 Å².